The zero-order chi connectivity index (χ0) is 25.7. The number of rotatable bonds is 10. The van der Waals surface area contributed by atoms with Crippen LogP contribution in [0.5, 0.6) is 11.6 Å². The predicted octanol–water partition coefficient (Wildman–Crippen LogP) is 6.67. The van der Waals surface area contributed by atoms with Crippen LogP contribution in [-0.2, 0) is 4.79 Å². The van der Waals surface area contributed by atoms with Gasteiger partial charge in [0.25, 0.3) is 11.5 Å². The van der Waals surface area contributed by atoms with Crippen LogP contribution in [0.4, 0.5) is 0 Å². The number of amides is 1. The van der Waals surface area contributed by atoms with Gasteiger partial charge in [0, 0.05) is 12.7 Å². The van der Waals surface area contributed by atoms with Gasteiger partial charge >= 0.3 is 0 Å². The van der Waals surface area contributed by atoms with Crippen molar-refractivity contribution in [3.8, 4) is 11.6 Å². The van der Waals surface area contributed by atoms with Gasteiger partial charge in [0.1, 0.15) is 21.3 Å². The summed E-state index contributed by atoms with van der Waals surface area (Å²) in [5.74, 6) is 0.613. The van der Waals surface area contributed by atoms with Crippen LogP contribution in [0, 0.1) is 13.8 Å². The van der Waals surface area contributed by atoms with Crippen LogP contribution in [0.25, 0.3) is 11.7 Å². The van der Waals surface area contributed by atoms with Gasteiger partial charge in [-0.3, -0.25) is 18.9 Å². The van der Waals surface area contributed by atoms with Crippen molar-refractivity contribution in [1.82, 2.24) is 14.3 Å². The van der Waals surface area contributed by atoms with Crippen LogP contribution in [-0.4, -0.2) is 31.1 Å². The summed E-state index contributed by atoms with van der Waals surface area (Å²) < 4.78 is 8.16. The first-order chi connectivity index (χ1) is 17.4. The number of benzene rings is 1. The summed E-state index contributed by atoms with van der Waals surface area (Å²) in [6.07, 6.45) is 10.0. The standard InChI is InChI=1S/C28H31N3O3S2/c1-4-5-6-7-8-10-17-31-27(33)23(36-28(31)35)18-21-25(34-22-14-12-13-19(2)20(22)3)29-24-15-9-11-16-30(24)26(21)32/h9,11-16,18H,4-8,10,17H2,1-3H3/b23-18+. The normalized spacial score (nSPS) is 14.9. The number of aryl methyl sites for hydroxylation is 1. The van der Waals surface area contributed by atoms with E-state index in [4.69, 9.17) is 17.0 Å². The van der Waals surface area contributed by atoms with Crippen molar-refractivity contribution in [2.24, 2.45) is 0 Å². The highest BCUT2D eigenvalue weighted by Gasteiger charge is 2.32. The molecule has 1 aromatic carbocycles. The van der Waals surface area contributed by atoms with E-state index >= 15 is 0 Å². The smallest absolute Gasteiger partial charge is 0.269 e. The molecule has 3 heterocycles. The van der Waals surface area contributed by atoms with Crippen molar-refractivity contribution in [2.45, 2.75) is 59.3 Å². The molecule has 0 unspecified atom stereocenters. The molecule has 0 aliphatic carbocycles. The van der Waals surface area contributed by atoms with Crippen molar-refractivity contribution >= 4 is 45.9 Å². The maximum absolute atomic E-state index is 13.5. The molecule has 1 fully saturated rings. The second-order valence-electron chi connectivity index (χ2n) is 8.97. The number of hydrogen-bond donors (Lipinski definition) is 0. The number of carbonyl (C=O) groups excluding carboxylic acids is 1. The second kappa shape index (κ2) is 11.8. The zero-order valence-corrected chi connectivity index (χ0v) is 22.6. The number of nitrogens with zero attached hydrogens (tertiary/aromatic N) is 3. The number of thiocarbonyl (C=S) groups is 1. The lowest BCUT2D eigenvalue weighted by atomic mass is 10.1. The first-order valence-corrected chi connectivity index (χ1v) is 13.6. The maximum Gasteiger partial charge on any atom is 0.269 e. The Labute approximate surface area is 221 Å². The van der Waals surface area contributed by atoms with Gasteiger partial charge in [0.15, 0.2) is 0 Å². The molecular weight excluding hydrogens is 490 g/mol. The molecular formula is C28H31N3O3S2. The fourth-order valence-corrected chi connectivity index (χ4v) is 5.39. The molecule has 2 aromatic heterocycles. The van der Waals surface area contributed by atoms with Crippen molar-refractivity contribution < 1.29 is 9.53 Å². The van der Waals surface area contributed by atoms with Crippen LogP contribution in [0.3, 0.4) is 0 Å². The molecule has 1 aliphatic heterocycles. The summed E-state index contributed by atoms with van der Waals surface area (Å²) in [5, 5.41) is 0. The van der Waals surface area contributed by atoms with Crippen molar-refractivity contribution in [3.05, 3.63) is 74.5 Å². The molecule has 0 radical (unpaired) electrons. The van der Waals surface area contributed by atoms with Gasteiger partial charge in [-0.15, -0.1) is 0 Å². The highest BCUT2D eigenvalue weighted by Crippen LogP contribution is 2.35. The SMILES string of the molecule is CCCCCCCCN1C(=O)/C(=C\c2c(Oc3cccc(C)c3C)nc3ccccn3c2=O)SC1=S. The Hall–Kier alpha value is -2.97. The first-order valence-electron chi connectivity index (χ1n) is 12.4. The van der Waals surface area contributed by atoms with Crippen LogP contribution in [0.15, 0.2) is 52.3 Å². The molecule has 3 aromatic rings. The Morgan fingerprint density at radius 1 is 1.03 bits per heavy atom. The van der Waals surface area contributed by atoms with E-state index in [-0.39, 0.29) is 22.9 Å². The molecule has 36 heavy (non-hydrogen) atoms. The summed E-state index contributed by atoms with van der Waals surface area (Å²) in [6, 6.07) is 11.1. The van der Waals surface area contributed by atoms with E-state index in [0.717, 1.165) is 30.4 Å². The highest BCUT2D eigenvalue weighted by molar-refractivity contribution is 8.26. The lowest BCUT2D eigenvalue weighted by Gasteiger charge is -2.14. The van der Waals surface area contributed by atoms with Gasteiger partial charge in [-0.05, 0) is 55.7 Å². The second-order valence-corrected chi connectivity index (χ2v) is 10.6. The molecule has 188 valence electrons. The molecule has 4 rings (SSSR count). The van der Waals surface area contributed by atoms with Gasteiger partial charge in [0.05, 0.1) is 4.91 Å². The predicted molar refractivity (Wildman–Crippen MR) is 151 cm³/mol. The van der Waals surface area contributed by atoms with E-state index in [1.807, 2.05) is 38.1 Å². The third kappa shape index (κ3) is 5.71. The average molecular weight is 522 g/mol. The van der Waals surface area contributed by atoms with Crippen LogP contribution in [0.2, 0.25) is 0 Å². The van der Waals surface area contributed by atoms with Crippen molar-refractivity contribution in [2.75, 3.05) is 6.54 Å². The van der Waals surface area contributed by atoms with Gasteiger partial charge in [-0.2, -0.15) is 4.98 Å². The highest BCUT2D eigenvalue weighted by atomic mass is 32.2. The number of pyridine rings is 1. The van der Waals surface area contributed by atoms with E-state index in [1.54, 1.807) is 29.3 Å². The van der Waals surface area contributed by atoms with Crippen molar-refractivity contribution in [3.63, 3.8) is 0 Å². The third-order valence-corrected chi connectivity index (χ3v) is 7.76. The van der Waals surface area contributed by atoms with E-state index in [2.05, 4.69) is 11.9 Å². The summed E-state index contributed by atoms with van der Waals surface area (Å²) in [6.45, 7) is 6.75. The first kappa shape index (κ1) is 26.1. The number of carbonyl (C=O) groups is 1. The monoisotopic (exact) mass is 521 g/mol. The molecule has 0 spiro atoms. The van der Waals surface area contributed by atoms with Crippen LogP contribution in [0.1, 0.15) is 62.1 Å². The van der Waals surface area contributed by atoms with Gasteiger partial charge < -0.3 is 4.74 Å². The number of fused-ring (bicyclic) bond motifs is 1. The maximum atomic E-state index is 13.5. The number of aromatic nitrogens is 2. The molecule has 8 heteroatoms. The average Bonchev–Trinajstić information content (AvgIpc) is 3.13. The Balaban J connectivity index is 1.65. The van der Waals surface area contributed by atoms with Gasteiger partial charge in [0.2, 0.25) is 5.88 Å². The fraction of sp³-hybridized carbons (Fsp3) is 0.357. The number of hydrogen-bond acceptors (Lipinski definition) is 6. The number of ether oxygens (including phenoxy) is 1. The van der Waals surface area contributed by atoms with E-state index in [0.29, 0.717) is 27.2 Å². The molecule has 0 N–H and O–H groups in total. The lowest BCUT2D eigenvalue weighted by molar-refractivity contribution is -0.122. The minimum atomic E-state index is -0.304. The van der Waals surface area contributed by atoms with E-state index < -0.39 is 0 Å². The minimum Gasteiger partial charge on any atom is -0.438 e. The largest absolute Gasteiger partial charge is 0.438 e. The summed E-state index contributed by atoms with van der Waals surface area (Å²) in [4.78, 5) is 33.4. The molecule has 6 nitrogen and oxygen atoms in total. The molecule has 0 atom stereocenters. The van der Waals surface area contributed by atoms with Gasteiger partial charge in [-0.25, -0.2) is 0 Å². The Morgan fingerprint density at radius 3 is 2.61 bits per heavy atom. The topological polar surface area (TPSA) is 63.9 Å². The fourth-order valence-electron chi connectivity index (χ4n) is 4.10. The molecule has 0 saturated carbocycles. The molecule has 0 bridgehead atoms. The Bertz CT molecular complexity index is 1380. The number of unbranched alkanes of at least 4 members (excludes halogenated alkanes) is 5. The summed E-state index contributed by atoms with van der Waals surface area (Å²) in [5.41, 5.74) is 2.42. The zero-order valence-electron chi connectivity index (χ0n) is 21.0. The van der Waals surface area contributed by atoms with E-state index in [9.17, 15) is 9.59 Å². The quantitative estimate of drug-likeness (QED) is 0.169. The number of thioether (sulfide) groups is 1. The summed E-state index contributed by atoms with van der Waals surface area (Å²) >= 11 is 6.73. The summed E-state index contributed by atoms with van der Waals surface area (Å²) in [7, 11) is 0. The van der Waals surface area contributed by atoms with Crippen molar-refractivity contribution in [1.29, 1.82) is 0 Å². The molecule has 1 aliphatic rings. The van der Waals surface area contributed by atoms with Crippen LogP contribution >= 0.6 is 24.0 Å². The van der Waals surface area contributed by atoms with Crippen LogP contribution < -0.4 is 10.3 Å². The third-order valence-electron chi connectivity index (χ3n) is 6.38. The minimum absolute atomic E-state index is 0.168. The van der Waals surface area contributed by atoms with Gasteiger partial charge in [-0.1, -0.05) is 81.2 Å². The Morgan fingerprint density at radius 2 is 1.81 bits per heavy atom. The Kier molecular flexibility index (Phi) is 8.59. The molecule has 1 saturated heterocycles. The van der Waals surface area contributed by atoms with E-state index in [1.165, 1.54) is 35.4 Å². The molecule has 1 amide bonds. The lowest BCUT2D eigenvalue weighted by Crippen LogP contribution is -2.29.